The van der Waals surface area contributed by atoms with Gasteiger partial charge >= 0.3 is 6.03 Å². The standard InChI is InChI=1S/C25H31FN4O3S/c1-28(2)34(32,33)27-23-21(30(17-25(23)12-13-25)24(31)29-14-7-15-29)16-19-10-6-11-20(22(19)26)18-8-4-3-5-9-18/h3-6,8-11,21,23,27H,7,12-17H2,1-2H3/t21-,23+/m0/s1. The third-order valence-corrected chi connectivity index (χ3v) is 9.06. The van der Waals surface area contributed by atoms with Gasteiger partial charge in [0.25, 0.3) is 10.2 Å². The fourth-order valence-corrected chi connectivity index (χ4v) is 6.11. The maximum atomic E-state index is 15.7. The molecule has 0 unspecified atom stereocenters. The van der Waals surface area contributed by atoms with E-state index in [2.05, 4.69) is 4.72 Å². The smallest absolute Gasteiger partial charge is 0.320 e. The predicted octanol–water partition coefficient (Wildman–Crippen LogP) is 3.09. The molecule has 7 nitrogen and oxygen atoms in total. The summed E-state index contributed by atoms with van der Waals surface area (Å²) in [5.74, 6) is -0.323. The average molecular weight is 487 g/mol. The normalized spacial score (nSPS) is 23.4. The van der Waals surface area contributed by atoms with Crippen LogP contribution in [0.25, 0.3) is 11.1 Å². The quantitative estimate of drug-likeness (QED) is 0.682. The second-order valence-corrected chi connectivity index (χ2v) is 11.8. The molecule has 182 valence electrons. The molecule has 1 spiro atoms. The van der Waals surface area contributed by atoms with Gasteiger partial charge in [-0.2, -0.15) is 17.4 Å². The zero-order chi connectivity index (χ0) is 24.1. The van der Waals surface area contributed by atoms with Crippen molar-refractivity contribution in [1.82, 2.24) is 18.8 Å². The topological polar surface area (TPSA) is 73.0 Å². The van der Waals surface area contributed by atoms with Crippen molar-refractivity contribution in [3.05, 3.63) is 59.9 Å². The van der Waals surface area contributed by atoms with Crippen LogP contribution < -0.4 is 4.72 Å². The Balaban J connectivity index is 1.51. The lowest BCUT2D eigenvalue weighted by molar-refractivity contribution is 0.120. The highest BCUT2D eigenvalue weighted by molar-refractivity contribution is 7.87. The first-order valence-corrected chi connectivity index (χ1v) is 13.2. The Labute approximate surface area is 200 Å². The van der Waals surface area contributed by atoms with Gasteiger partial charge < -0.3 is 9.80 Å². The molecule has 5 rings (SSSR count). The number of rotatable bonds is 6. The number of hydrogen-bond acceptors (Lipinski definition) is 3. The van der Waals surface area contributed by atoms with Crippen molar-refractivity contribution in [2.75, 3.05) is 33.7 Å². The van der Waals surface area contributed by atoms with Gasteiger partial charge in [0.05, 0.1) is 12.1 Å². The summed E-state index contributed by atoms with van der Waals surface area (Å²) in [7, 11) is -0.754. The fraction of sp³-hybridized carbons (Fsp3) is 0.480. The molecule has 2 saturated heterocycles. The molecule has 2 aromatic carbocycles. The molecule has 2 aliphatic heterocycles. The van der Waals surface area contributed by atoms with Crippen molar-refractivity contribution in [3.8, 4) is 11.1 Å². The van der Waals surface area contributed by atoms with Crippen LogP contribution in [-0.4, -0.2) is 74.4 Å². The van der Waals surface area contributed by atoms with Crippen LogP contribution in [0.2, 0.25) is 0 Å². The highest BCUT2D eigenvalue weighted by Crippen LogP contribution is 2.56. The second-order valence-electron chi connectivity index (χ2n) is 9.91. The summed E-state index contributed by atoms with van der Waals surface area (Å²) in [6.45, 7) is 1.91. The number of nitrogens with zero attached hydrogens (tertiary/aromatic N) is 3. The molecule has 2 aromatic rings. The van der Waals surface area contributed by atoms with Crippen LogP contribution in [0.4, 0.5) is 9.18 Å². The van der Waals surface area contributed by atoms with E-state index in [1.807, 2.05) is 36.4 Å². The third kappa shape index (κ3) is 4.10. The van der Waals surface area contributed by atoms with Gasteiger partial charge in [0.15, 0.2) is 0 Å². The van der Waals surface area contributed by atoms with Crippen LogP contribution in [-0.2, 0) is 16.6 Å². The predicted molar refractivity (Wildman–Crippen MR) is 129 cm³/mol. The van der Waals surface area contributed by atoms with Crippen LogP contribution in [0.15, 0.2) is 48.5 Å². The molecule has 9 heteroatoms. The number of carbonyl (C=O) groups is 1. The maximum Gasteiger partial charge on any atom is 0.320 e. The van der Waals surface area contributed by atoms with Gasteiger partial charge in [-0.25, -0.2) is 9.18 Å². The summed E-state index contributed by atoms with van der Waals surface area (Å²) in [5, 5.41) is 0. The minimum atomic E-state index is -3.72. The molecule has 2 atom stereocenters. The monoisotopic (exact) mass is 486 g/mol. The van der Waals surface area contributed by atoms with Crippen LogP contribution in [0.3, 0.4) is 0 Å². The molecule has 2 heterocycles. The lowest BCUT2D eigenvalue weighted by Crippen LogP contribution is -2.55. The van der Waals surface area contributed by atoms with E-state index in [9.17, 15) is 13.2 Å². The Hall–Kier alpha value is -2.49. The van der Waals surface area contributed by atoms with Crippen molar-refractivity contribution < 1.29 is 17.6 Å². The summed E-state index contributed by atoms with van der Waals surface area (Å²) in [5.41, 5.74) is 1.48. The van der Waals surface area contributed by atoms with Crippen molar-refractivity contribution in [2.24, 2.45) is 5.41 Å². The van der Waals surface area contributed by atoms with Crippen LogP contribution in [0.1, 0.15) is 24.8 Å². The van der Waals surface area contributed by atoms with Gasteiger partial charge in [0, 0.05) is 44.7 Å². The number of nitrogens with one attached hydrogen (secondary N) is 1. The number of halogens is 1. The van der Waals surface area contributed by atoms with Crippen LogP contribution >= 0.6 is 0 Å². The van der Waals surface area contributed by atoms with Gasteiger partial charge in [-0.15, -0.1) is 0 Å². The number of urea groups is 1. The molecule has 3 fully saturated rings. The van der Waals surface area contributed by atoms with Gasteiger partial charge in [-0.05, 0) is 36.8 Å². The minimum Gasteiger partial charge on any atom is -0.325 e. The summed E-state index contributed by atoms with van der Waals surface area (Å²) >= 11 is 0. The van der Waals surface area contributed by atoms with E-state index in [0.717, 1.165) is 29.1 Å². The molecule has 0 bridgehead atoms. The van der Waals surface area contributed by atoms with Gasteiger partial charge in [-0.1, -0.05) is 48.5 Å². The number of carbonyl (C=O) groups excluding carboxylic acids is 1. The molecular weight excluding hydrogens is 455 g/mol. The number of likely N-dealkylation sites (tertiary alicyclic amines) is 2. The molecule has 0 radical (unpaired) electrons. The molecule has 1 N–H and O–H groups in total. The molecule has 3 aliphatic rings. The second kappa shape index (κ2) is 8.62. The molecule has 0 aromatic heterocycles. The van der Waals surface area contributed by atoms with Gasteiger partial charge in [-0.3, -0.25) is 0 Å². The van der Waals surface area contributed by atoms with Crippen molar-refractivity contribution in [1.29, 1.82) is 0 Å². The molecule has 1 saturated carbocycles. The fourth-order valence-electron chi connectivity index (χ4n) is 5.17. The van der Waals surface area contributed by atoms with Crippen LogP contribution in [0.5, 0.6) is 0 Å². The molecule has 34 heavy (non-hydrogen) atoms. The summed E-state index contributed by atoms with van der Waals surface area (Å²) in [6.07, 6.45) is 2.91. The number of amides is 2. The van der Waals surface area contributed by atoms with E-state index in [1.165, 1.54) is 14.1 Å². The van der Waals surface area contributed by atoms with Gasteiger partial charge in [0.2, 0.25) is 0 Å². The Morgan fingerprint density at radius 2 is 1.82 bits per heavy atom. The maximum absolute atomic E-state index is 15.7. The van der Waals surface area contributed by atoms with E-state index in [-0.39, 0.29) is 23.7 Å². The van der Waals surface area contributed by atoms with E-state index in [0.29, 0.717) is 30.8 Å². The zero-order valence-corrected chi connectivity index (χ0v) is 20.4. The van der Waals surface area contributed by atoms with E-state index in [1.54, 1.807) is 21.9 Å². The first-order valence-electron chi connectivity index (χ1n) is 11.8. The zero-order valence-electron chi connectivity index (χ0n) is 19.6. The Kier molecular flexibility index (Phi) is 5.90. The lowest BCUT2D eigenvalue weighted by Gasteiger charge is -2.38. The SMILES string of the molecule is CN(C)S(=O)(=O)N[C@@H]1[C@H](Cc2cccc(-c3ccccc3)c2F)N(C(=O)N2CCC2)CC12CC2. The Morgan fingerprint density at radius 1 is 1.12 bits per heavy atom. The molecule has 2 amide bonds. The molecule has 1 aliphatic carbocycles. The largest absolute Gasteiger partial charge is 0.325 e. The van der Waals surface area contributed by atoms with E-state index in [4.69, 9.17) is 0 Å². The Bertz CT molecular complexity index is 1180. The van der Waals surface area contributed by atoms with Crippen molar-refractivity contribution in [3.63, 3.8) is 0 Å². The van der Waals surface area contributed by atoms with Gasteiger partial charge in [0.1, 0.15) is 5.82 Å². The van der Waals surface area contributed by atoms with E-state index < -0.39 is 22.3 Å². The number of benzene rings is 2. The van der Waals surface area contributed by atoms with Crippen LogP contribution in [0, 0.1) is 11.2 Å². The first kappa shape index (κ1) is 23.3. The highest BCUT2D eigenvalue weighted by Gasteiger charge is 2.62. The number of hydrogen-bond donors (Lipinski definition) is 1. The average Bonchev–Trinajstić information content (AvgIpc) is 3.49. The minimum absolute atomic E-state index is 0.0753. The summed E-state index contributed by atoms with van der Waals surface area (Å²) < 4.78 is 45.4. The first-order chi connectivity index (χ1) is 16.2. The summed E-state index contributed by atoms with van der Waals surface area (Å²) in [6, 6.07) is 13.7. The third-order valence-electron chi connectivity index (χ3n) is 7.54. The summed E-state index contributed by atoms with van der Waals surface area (Å²) in [4.78, 5) is 16.9. The molecular formula is C25H31FN4O3S. The van der Waals surface area contributed by atoms with E-state index >= 15 is 4.39 Å². The Morgan fingerprint density at radius 3 is 2.41 bits per heavy atom. The van der Waals surface area contributed by atoms with Crippen molar-refractivity contribution >= 4 is 16.2 Å². The van der Waals surface area contributed by atoms with Crippen molar-refractivity contribution in [2.45, 2.75) is 37.8 Å². The lowest BCUT2D eigenvalue weighted by atomic mass is 9.91. The highest BCUT2D eigenvalue weighted by atomic mass is 32.2.